The van der Waals surface area contributed by atoms with Gasteiger partial charge in [-0.25, -0.2) is 0 Å². The van der Waals surface area contributed by atoms with Crippen LogP contribution in [0.1, 0.15) is 19.3 Å². The molecule has 1 aromatic carbocycles. The Balaban J connectivity index is 1.93. The fraction of sp³-hybridized carbons (Fsp3) is 0.500. The van der Waals surface area contributed by atoms with Gasteiger partial charge in [-0.2, -0.15) is 0 Å². The Morgan fingerprint density at radius 1 is 1.29 bits per heavy atom. The van der Waals surface area contributed by atoms with E-state index >= 15 is 0 Å². The lowest BCUT2D eigenvalue weighted by atomic mass is 9.79. The molecule has 0 radical (unpaired) electrons. The van der Waals surface area contributed by atoms with E-state index in [1.165, 1.54) is 0 Å². The zero-order valence-electron chi connectivity index (χ0n) is 9.71. The average Bonchev–Trinajstić information content (AvgIpc) is 2.38. The Labute approximate surface area is 101 Å². The quantitative estimate of drug-likeness (QED) is 0.739. The second-order valence-corrected chi connectivity index (χ2v) is 4.21. The normalized spacial score (nSPS) is 20.0. The van der Waals surface area contributed by atoms with E-state index in [2.05, 4.69) is 0 Å². The Morgan fingerprint density at radius 2 is 2.12 bits per heavy atom. The van der Waals surface area contributed by atoms with Crippen molar-refractivity contribution < 1.29 is 19.5 Å². The molecular weight excluding hydrogens is 219 g/mol. The molecule has 0 aliphatic carbocycles. The lowest BCUT2D eigenvalue weighted by Crippen LogP contribution is -2.33. The van der Waals surface area contributed by atoms with Gasteiger partial charge in [-0.15, -0.1) is 0 Å². The SMILES string of the molecule is OB(O)c1ccccc1OCC1CCCCO1. The van der Waals surface area contributed by atoms with Gasteiger partial charge in [0.15, 0.2) is 0 Å². The van der Waals surface area contributed by atoms with Crippen molar-refractivity contribution in [2.75, 3.05) is 13.2 Å². The van der Waals surface area contributed by atoms with Crippen LogP contribution in [-0.4, -0.2) is 36.5 Å². The highest BCUT2D eigenvalue weighted by atomic mass is 16.5. The number of benzene rings is 1. The van der Waals surface area contributed by atoms with Crippen LogP contribution < -0.4 is 10.2 Å². The largest absolute Gasteiger partial charge is 0.492 e. The van der Waals surface area contributed by atoms with Crippen LogP contribution in [0, 0.1) is 0 Å². The summed E-state index contributed by atoms with van der Waals surface area (Å²) < 4.78 is 11.1. The van der Waals surface area contributed by atoms with Crippen LogP contribution in [0.25, 0.3) is 0 Å². The molecule has 4 nitrogen and oxygen atoms in total. The minimum Gasteiger partial charge on any atom is -0.491 e. The Kier molecular flexibility index (Phi) is 4.42. The van der Waals surface area contributed by atoms with Gasteiger partial charge in [0.05, 0.1) is 6.10 Å². The third kappa shape index (κ3) is 3.46. The predicted molar refractivity (Wildman–Crippen MR) is 65.4 cm³/mol. The van der Waals surface area contributed by atoms with E-state index in [9.17, 15) is 10.0 Å². The molecule has 1 aromatic rings. The van der Waals surface area contributed by atoms with Crippen molar-refractivity contribution >= 4 is 12.6 Å². The molecule has 1 saturated heterocycles. The fourth-order valence-electron chi connectivity index (χ4n) is 1.95. The van der Waals surface area contributed by atoms with Crippen molar-refractivity contribution in [3.8, 4) is 5.75 Å². The number of para-hydroxylation sites is 1. The Bertz CT molecular complexity index is 350. The first-order valence-corrected chi connectivity index (χ1v) is 5.97. The standard InChI is InChI=1S/C12H17BO4/c14-13(15)11-6-1-2-7-12(11)17-9-10-5-3-4-8-16-10/h1-2,6-7,10,14-15H,3-5,8-9H2. The molecule has 2 N–H and O–H groups in total. The van der Waals surface area contributed by atoms with Crippen molar-refractivity contribution in [3.63, 3.8) is 0 Å². The maximum absolute atomic E-state index is 9.19. The molecule has 0 saturated carbocycles. The molecule has 5 heteroatoms. The lowest BCUT2D eigenvalue weighted by Gasteiger charge is -2.23. The summed E-state index contributed by atoms with van der Waals surface area (Å²) in [6, 6.07) is 6.93. The van der Waals surface area contributed by atoms with Crippen LogP contribution in [-0.2, 0) is 4.74 Å². The summed E-state index contributed by atoms with van der Waals surface area (Å²) in [6.07, 6.45) is 3.40. The van der Waals surface area contributed by atoms with E-state index in [1.807, 2.05) is 6.07 Å². The Morgan fingerprint density at radius 3 is 2.82 bits per heavy atom. The van der Waals surface area contributed by atoms with Crippen LogP contribution in [0.5, 0.6) is 5.75 Å². The first kappa shape index (κ1) is 12.4. The van der Waals surface area contributed by atoms with Crippen molar-refractivity contribution in [2.45, 2.75) is 25.4 Å². The highest BCUT2D eigenvalue weighted by molar-refractivity contribution is 6.59. The van der Waals surface area contributed by atoms with Crippen molar-refractivity contribution in [1.82, 2.24) is 0 Å². The lowest BCUT2D eigenvalue weighted by molar-refractivity contribution is -0.0109. The molecule has 1 aliphatic heterocycles. The first-order chi connectivity index (χ1) is 8.27. The van der Waals surface area contributed by atoms with Crippen LogP contribution in [0.15, 0.2) is 24.3 Å². The van der Waals surface area contributed by atoms with Gasteiger partial charge in [-0.05, 0) is 25.3 Å². The molecule has 2 rings (SSSR count). The third-order valence-electron chi connectivity index (χ3n) is 2.90. The zero-order chi connectivity index (χ0) is 12.1. The molecule has 1 unspecified atom stereocenters. The number of hydrogen-bond acceptors (Lipinski definition) is 4. The highest BCUT2D eigenvalue weighted by Crippen LogP contribution is 2.15. The second-order valence-electron chi connectivity index (χ2n) is 4.21. The predicted octanol–water partition coefficient (Wildman–Crippen LogP) is 0.314. The smallest absolute Gasteiger partial charge is 0.491 e. The van der Waals surface area contributed by atoms with E-state index in [1.54, 1.807) is 18.2 Å². The Hall–Kier alpha value is -1.04. The van der Waals surface area contributed by atoms with Crippen molar-refractivity contribution in [2.24, 2.45) is 0 Å². The summed E-state index contributed by atoms with van der Waals surface area (Å²) in [4.78, 5) is 0. The van der Waals surface area contributed by atoms with Gasteiger partial charge in [0.2, 0.25) is 0 Å². The summed E-state index contributed by atoms with van der Waals surface area (Å²) in [7, 11) is -1.50. The van der Waals surface area contributed by atoms with Crippen LogP contribution in [0.3, 0.4) is 0 Å². The molecular formula is C12H17BO4. The zero-order valence-corrected chi connectivity index (χ0v) is 9.71. The molecule has 17 heavy (non-hydrogen) atoms. The molecule has 1 heterocycles. The van der Waals surface area contributed by atoms with E-state index in [0.29, 0.717) is 17.8 Å². The molecule has 92 valence electrons. The molecule has 1 fully saturated rings. The van der Waals surface area contributed by atoms with Crippen molar-refractivity contribution in [3.05, 3.63) is 24.3 Å². The van der Waals surface area contributed by atoms with E-state index < -0.39 is 7.12 Å². The molecule has 0 aromatic heterocycles. The highest BCUT2D eigenvalue weighted by Gasteiger charge is 2.19. The molecule has 1 atom stereocenters. The molecule has 0 bridgehead atoms. The summed E-state index contributed by atoms with van der Waals surface area (Å²) in [5.74, 6) is 0.511. The van der Waals surface area contributed by atoms with Gasteiger partial charge >= 0.3 is 7.12 Å². The third-order valence-corrected chi connectivity index (χ3v) is 2.90. The topological polar surface area (TPSA) is 58.9 Å². The van der Waals surface area contributed by atoms with E-state index in [0.717, 1.165) is 25.9 Å². The number of ether oxygens (including phenoxy) is 2. The molecule has 0 spiro atoms. The number of hydrogen-bond donors (Lipinski definition) is 2. The van der Waals surface area contributed by atoms with Gasteiger partial charge in [0.1, 0.15) is 12.4 Å². The van der Waals surface area contributed by atoms with Gasteiger partial charge < -0.3 is 19.5 Å². The summed E-state index contributed by atoms with van der Waals surface area (Å²) in [6.45, 7) is 1.25. The minimum absolute atomic E-state index is 0.118. The van der Waals surface area contributed by atoms with E-state index in [-0.39, 0.29) is 6.10 Å². The van der Waals surface area contributed by atoms with Crippen LogP contribution >= 0.6 is 0 Å². The van der Waals surface area contributed by atoms with Crippen LogP contribution in [0.4, 0.5) is 0 Å². The molecule has 1 aliphatic rings. The average molecular weight is 236 g/mol. The molecule has 0 amide bonds. The summed E-state index contributed by atoms with van der Waals surface area (Å²) in [5, 5.41) is 18.4. The first-order valence-electron chi connectivity index (χ1n) is 5.97. The maximum Gasteiger partial charge on any atom is 0.492 e. The maximum atomic E-state index is 9.19. The summed E-state index contributed by atoms with van der Waals surface area (Å²) >= 11 is 0. The van der Waals surface area contributed by atoms with Gasteiger partial charge in [0, 0.05) is 12.1 Å². The van der Waals surface area contributed by atoms with Crippen LogP contribution in [0.2, 0.25) is 0 Å². The summed E-state index contributed by atoms with van der Waals surface area (Å²) in [5.41, 5.74) is 0.392. The van der Waals surface area contributed by atoms with E-state index in [4.69, 9.17) is 9.47 Å². The monoisotopic (exact) mass is 236 g/mol. The van der Waals surface area contributed by atoms with Gasteiger partial charge in [-0.3, -0.25) is 0 Å². The van der Waals surface area contributed by atoms with Gasteiger partial charge in [-0.1, -0.05) is 18.2 Å². The van der Waals surface area contributed by atoms with Gasteiger partial charge in [0.25, 0.3) is 0 Å². The van der Waals surface area contributed by atoms with Crippen molar-refractivity contribution in [1.29, 1.82) is 0 Å². The second kappa shape index (κ2) is 6.05. The fourth-order valence-corrected chi connectivity index (χ4v) is 1.95. The minimum atomic E-state index is -1.50. The number of rotatable bonds is 4.